The van der Waals surface area contributed by atoms with Crippen molar-refractivity contribution in [1.29, 1.82) is 0 Å². The molecule has 0 radical (unpaired) electrons. The first kappa shape index (κ1) is 6.02. The van der Waals surface area contributed by atoms with Crippen LogP contribution in [-0.2, 0) is 4.57 Å². The van der Waals surface area contributed by atoms with Crippen molar-refractivity contribution in [3.8, 4) is 0 Å². The van der Waals surface area contributed by atoms with Gasteiger partial charge in [-0.1, -0.05) is 4.57 Å². The van der Waals surface area contributed by atoms with Crippen LogP contribution in [0.1, 0.15) is 6.92 Å². The fourth-order valence-corrected chi connectivity index (χ4v) is 0. The first-order valence-corrected chi connectivity index (χ1v) is 2.74. The van der Waals surface area contributed by atoms with E-state index in [9.17, 15) is 9.46 Å². The summed E-state index contributed by atoms with van der Waals surface area (Å²) in [5.41, 5.74) is 0. The SMILES string of the molecule is CC([OH2+])[P+](=O)[O-]. The third-order valence-corrected chi connectivity index (χ3v) is 0.949. The molecule has 0 aliphatic rings. The predicted octanol–water partition coefficient (Wildman–Crippen LogP) is -0.840. The Kier molecular flexibility index (Phi) is 2.25. The Morgan fingerprint density at radius 1 is 2.00 bits per heavy atom. The molecule has 4 heteroatoms. The Morgan fingerprint density at radius 3 is 2.17 bits per heavy atom. The smallest absolute Gasteiger partial charge is 0.396 e. The van der Waals surface area contributed by atoms with E-state index in [1.54, 1.807) is 0 Å². The zero-order chi connectivity index (χ0) is 5.15. The molecule has 0 aromatic rings. The van der Waals surface area contributed by atoms with Gasteiger partial charge >= 0.3 is 13.9 Å². The van der Waals surface area contributed by atoms with Gasteiger partial charge < -0.3 is 10.00 Å². The minimum Gasteiger partial charge on any atom is -0.589 e. The van der Waals surface area contributed by atoms with Gasteiger partial charge in [-0.2, -0.15) is 0 Å². The molecule has 0 bridgehead atoms. The van der Waals surface area contributed by atoms with Crippen LogP contribution in [-0.4, -0.2) is 11.0 Å². The largest absolute Gasteiger partial charge is 0.589 e. The van der Waals surface area contributed by atoms with Gasteiger partial charge in [-0.05, 0) is 0 Å². The van der Waals surface area contributed by atoms with E-state index in [4.69, 9.17) is 5.11 Å². The van der Waals surface area contributed by atoms with Crippen LogP contribution in [0.4, 0.5) is 0 Å². The van der Waals surface area contributed by atoms with Gasteiger partial charge in [0.15, 0.2) is 0 Å². The topological polar surface area (TPSA) is 63.0 Å². The summed E-state index contributed by atoms with van der Waals surface area (Å²) in [5, 5.41) is 6.44. The number of hydrogen-bond donors (Lipinski definition) is 0. The van der Waals surface area contributed by atoms with Gasteiger partial charge in [0.05, 0.1) is 6.92 Å². The Bertz CT molecular complexity index is 59.8. The molecule has 0 aromatic carbocycles. The third kappa shape index (κ3) is 2.27. The van der Waals surface area contributed by atoms with Gasteiger partial charge in [0.25, 0.3) is 0 Å². The maximum Gasteiger partial charge on any atom is 0.396 e. The average molecular weight is 109 g/mol. The van der Waals surface area contributed by atoms with Crippen LogP contribution < -0.4 is 4.89 Å². The summed E-state index contributed by atoms with van der Waals surface area (Å²) in [6.45, 7) is 1.31. The van der Waals surface area contributed by atoms with E-state index in [0.717, 1.165) is 0 Å². The Labute approximate surface area is 36.5 Å². The quantitative estimate of drug-likeness (QED) is 0.325. The number of rotatable bonds is 1. The summed E-state index contributed by atoms with van der Waals surface area (Å²) in [6.07, 6.45) is 0. The van der Waals surface area contributed by atoms with Crippen LogP contribution in [0.3, 0.4) is 0 Å². The van der Waals surface area contributed by atoms with Crippen LogP contribution in [0, 0.1) is 0 Å². The summed E-state index contributed by atoms with van der Waals surface area (Å²) in [6, 6.07) is 0. The van der Waals surface area contributed by atoms with E-state index >= 15 is 0 Å². The van der Waals surface area contributed by atoms with Crippen LogP contribution in [0.5, 0.6) is 0 Å². The molecule has 0 aromatic heterocycles. The molecule has 0 aliphatic carbocycles. The van der Waals surface area contributed by atoms with Gasteiger partial charge in [-0.25, -0.2) is 0 Å². The molecular formula is C2H6O3P+. The second-order valence-corrected chi connectivity index (χ2v) is 2.31. The van der Waals surface area contributed by atoms with Gasteiger partial charge in [-0.3, -0.25) is 0 Å². The monoisotopic (exact) mass is 109 g/mol. The van der Waals surface area contributed by atoms with Crippen LogP contribution in [0.15, 0.2) is 0 Å². The molecule has 36 valence electrons. The molecule has 0 saturated heterocycles. The minimum absolute atomic E-state index is 0.944. The van der Waals surface area contributed by atoms with Crippen LogP contribution in [0.2, 0.25) is 0 Å². The normalized spacial score (nSPS) is 16.8. The van der Waals surface area contributed by atoms with Gasteiger partial charge in [0, 0.05) is 0 Å². The van der Waals surface area contributed by atoms with Crippen molar-refractivity contribution < 1.29 is 14.6 Å². The van der Waals surface area contributed by atoms with Crippen molar-refractivity contribution in [3.63, 3.8) is 0 Å². The average Bonchev–Trinajstić information content (AvgIpc) is 1.36. The molecule has 0 fully saturated rings. The fraction of sp³-hybridized carbons (Fsp3) is 1.00. The molecule has 3 nitrogen and oxygen atoms in total. The van der Waals surface area contributed by atoms with E-state index in [-0.39, 0.29) is 0 Å². The lowest BCUT2D eigenvalue weighted by Crippen LogP contribution is -2.00. The van der Waals surface area contributed by atoms with E-state index < -0.39 is 13.9 Å². The van der Waals surface area contributed by atoms with E-state index in [1.165, 1.54) is 6.92 Å². The third-order valence-electron chi connectivity index (χ3n) is 0.316. The molecule has 0 rings (SSSR count). The van der Waals surface area contributed by atoms with E-state index in [2.05, 4.69) is 0 Å². The van der Waals surface area contributed by atoms with Crippen LogP contribution in [0.25, 0.3) is 0 Å². The molecule has 0 amide bonds. The lowest BCUT2D eigenvalue weighted by Gasteiger charge is -1.81. The molecule has 0 heterocycles. The van der Waals surface area contributed by atoms with Crippen molar-refractivity contribution in [2.75, 3.05) is 0 Å². The summed E-state index contributed by atoms with van der Waals surface area (Å²) < 4.78 is 9.55. The second-order valence-electron chi connectivity index (χ2n) is 0.961. The van der Waals surface area contributed by atoms with Crippen LogP contribution >= 0.6 is 8.03 Å². The zero-order valence-corrected chi connectivity index (χ0v) is 4.24. The maximum atomic E-state index is 9.55. The van der Waals surface area contributed by atoms with Crippen molar-refractivity contribution in [1.82, 2.24) is 0 Å². The standard InChI is InChI=1S/C2H5O3P/c1-2(3)6(4)5/h2-3H,1H3/p+1. The first-order valence-electron chi connectivity index (χ1n) is 1.49. The number of hydrogen-bond acceptors (Lipinski definition) is 2. The Balaban J connectivity index is 3.26. The highest BCUT2D eigenvalue weighted by Crippen LogP contribution is 2.11. The lowest BCUT2D eigenvalue weighted by molar-refractivity contribution is -0.171. The van der Waals surface area contributed by atoms with Gasteiger partial charge in [0.1, 0.15) is 0 Å². The van der Waals surface area contributed by atoms with E-state index in [0.29, 0.717) is 0 Å². The molecule has 2 unspecified atom stereocenters. The molecule has 0 saturated carbocycles. The molecule has 6 heavy (non-hydrogen) atoms. The van der Waals surface area contributed by atoms with Gasteiger partial charge in [-0.15, -0.1) is 0 Å². The molecule has 0 aliphatic heterocycles. The highest BCUT2D eigenvalue weighted by Gasteiger charge is 2.12. The maximum absolute atomic E-state index is 9.55. The highest BCUT2D eigenvalue weighted by molar-refractivity contribution is 7.36. The zero-order valence-electron chi connectivity index (χ0n) is 3.34. The van der Waals surface area contributed by atoms with Crippen molar-refractivity contribution in [2.45, 2.75) is 12.8 Å². The summed E-state index contributed by atoms with van der Waals surface area (Å²) >= 11 is 0. The first-order chi connectivity index (χ1) is 2.64. The van der Waals surface area contributed by atoms with Gasteiger partial charge in [0.2, 0.25) is 0 Å². The predicted molar refractivity (Wildman–Crippen MR) is 20.7 cm³/mol. The van der Waals surface area contributed by atoms with Crippen molar-refractivity contribution >= 4 is 8.03 Å². The molecule has 0 spiro atoms. The van der Waals surface area contributed by atoms with Crippen molar-refractivity contribution in [2.24, 2.45) is 0 Å². The van der Waals surface area contributed by atoms with E-state index in [1.807, 2.05) is 0 Å². The minimum atomic E-state index is -2.49. The molecule has 2 atom stereocenters. The van der Waals surface area contributed by atoms with Crippen molar-refractivity contribution in [3.05, 3.63) is 0 Å². The highest BCUT2D eigenvalue weighted by atomic mass is 31.1. The molecular weight excluding hydrogens is 103 g/mol. The Hall–Kier alpha value is 0.0200. The Morgan fingerprint density at radius 2 is 2.17 bits per heavy atom. The molecule has 2 N–H and O–H groups in total. The summed E-state index contributed by atoms with van der Waals surface area (Å²) in [5.74, 6) is -0.944. The lowest BCUT2D eigenvalue weighted by atomic mass is 10.9. The summed E-state index contributed by atoms with van der Waals surface area (Å²) in [4.78, 5) is 9.55. The fourth-order valence-electron chi connectivity index (χ4n) is 0. The second kappa shape index (κ2) is 2.24. The summed E-state index contributed by atoms with van der Waals surface area (Å²) in [7, 11) is -2.49.